The lowest BCUT2D eigenvalue weighted by molar-refractivity contribution is -0.388. The second-order valence-corrected chi connectivity index (χ2v) is 6.39. The lowest BCUT2D eigenvalue weighted by Gasteiger charge is -2.17. The van der Waals surface area contributed by atoms with Gasteiger partial charge in [0.1, 0.15) is 11.4 Å². The number of carbonyl (C=O) groups is 1. The minimum Gasteiger partial charge on any atom is -0.494 e. The monoisotopic (exact) mass is 436 g/mol. The summed E-state index contributed by atoms with van der Waals surface area (Å²) in [6, 6.07) is 2.05. The summed E-state index contributed by atoms with van der Waals surface area (Å²) in [5.74, 6) is -4.88. The first-order valence-corrected chi connectivity index (χ1v) is 8.85. The lowest BCUT2D eigenvalue weighted by atomic mass is 10.0. The average molecular weight is 436 g/mol. The quantitative estimate of drug-likeness (QED) is 0.343. The number of aryl methyl sites for hydroxylation is 1. The molecule has 0 saturated heterocycles. The first-order valence-electron chi connectivity index (χ1n) is 8.85. The van der Waals surface area contributed by atoms with Crippen LogP contribution in [0.15, 0.2) is 29.2 Å². The minimum atomic E-state index is -1.31. The van der Waals surface area contributed by atoms with Gasteiger partial charge < -0.3 is 14.0 Å². The predicted molar refractivity (Wildman–Crippen MR) is 103 cm³/mol. The number of methoxy groups -OCH3 is 1. The van der Waals surface area contributed by atoms with Gasteiger partial charge in [0.05, 0.1) is 40.8 Å². The summed E-state index contributed by atoms with van der Waals surface area (Å²) in [5.41, 5.74) is -3.38. The van der Waals surface area contributed by atoms with Gasteiger partial charge in [-0.1, -0.05) is 0 Å². The van der Waals surface area contributed by atoms with Crippen LogP contribution in [-0.2, 0) is 4.74 Å². The number of halogens is 3. The lowest BCUT2D eigenvalue weighted by Crippen LogP contribution is -2.22. The third-order valence-electron chi connectivity index (χ3n) is 4.61. The van der Waals surface area contributed by atoms with Gasteiger partial charge in [-0.15, -0.1) is 0 Å². The minimum absolute atomic E-state index is 0.0807. The second-order valence-electron chi connectivity index (χ2n) is 6.39. The van der Waals surface area contributed by atoms with Gasteiger partial charge in [-0.2, -0.15) is 4.39 Å². The van der Waals surface area contributed by atoms with Crippen molar-refractivity contribution in [3.63, 3.8) is 0 Å². The summed E-state index contributed by atoms with van der Waals surface area (Å²) < 4.78 is 53.7. The molecule has 0 unspecified atom stereocenters. The van der Waals surface area contributed by atoms with E-state index in [2.05, 4.69) is 0 Å². The molecule has 0 amide bonds. The SMILES string of the molecule is CCOC(=O)c1cn(-c2cc(OC)c(F)cc2F)c2c(C)c([N+](=O)[O-])c(F)cc2c1=O. The maximum absolute atomic E-state index is 14.7. The molecule has 0 N–H and O–H groups in total. The molecule has 0 radical (unpaired) electrons. The summed E-state index contributed by atoms with van der Waals surface area (Å²) in [4.78, 5) is 35.5. The van der Waals surface area contributed by atoms with Crippen molar-refractivity contribution in [2.75, 3.05) is 13.7 Å². The molecule has 2 aromatic carbocycles. The molecule has 3 rings (SSSR count). The van der Waals surface area contributed by atoms with Gasteiger partial charge in [-0.05, 0) is 19.9 Å². The normalized spacial score (nSPS) is 10.9. The Balaban J connectivity index is 2.56. The molecule has 0 fully saturated rings. The topological polar surface area (TPSA) is 101 Å². The maximum atomic E-state index is 14.7. The molecule has 1 heterocycles. The van der Waals surface area contributed by atoms with Gasteiger partial charge in [0.2, 0.25) is 11.2 Å². The summed E-state index contributed by atoms with van der Waals surface area (Å²) >= 11 is 0. The van der Waals surface area contributed by atoms with Crippen molar-refractivity contribution < 1.29 is 32.4 Å². The van der Waals surface area contributed by atoms with Crippen LogP contribution >= 0.6 is 0 Å². The van der Waals surface area contributed by atoms with E-state index in [-0.39, 0.29) is 23.4 Å². The fourth-order valence-corrected chi connectivity index (χ4v) is 3.27. The Labute approximate surface area is 172 Å². The summed E-state index contributed by atoms with van der Waals surface area (Å²) in [5, 5.41) is 10.9. The molecule has 0 aliphatic rings. The molecule has 0 aliphatic heterocycles. The largest absolute Gasteiger partial charge is 0.494 e. The van der Waals surface area contributed by atoms with Gasteiger partial charge >= 0.3 is 11.7 Å². The molecule has 0 spiro atoms. The molecule has 31 heavy (non-hydrogen) atoms. The molecular formula is C20H15F3N2O6. The molecule has 3 aromatic rings. The Kier molecular flexibility index (Phi) is 5.69. The van der Waals surface area contributed by atoms with Gasteiger partial charge in [0, 0.05) is 18.3 Å². The molecule has 0 aliphatic carbocycles. The van der Waals surface area contributed by atoms with Crippen LogP contribution in [-0.4, -0.2) is 29.2 Å². The molecule has 11 heteroatoms. The van der Waals surface area contributed by atoms with E-state index < -0.39 is 56.1 Å². The smallest absolute Gasteiger partial charge is 0.343 e. The van der Waals surface area contributed by atoms with E-state index in [1.165, 1.54) is 13.8 Å². The van der Waals surface area contributed by atoms with Crippen molar-refractivity contribution in [2.24, 2.45) is 0 Å². The zero-order chi connectivity index (χ0) is 23.0. The molecule has 0 saturated carbocycles. The highest BCUT2D eigenvalue weighted by Gasteiger charge is 2.27. The predicted octanol–water partition coefficient (Wildman–Crippen LogP) is 3.81. The third-order valence-corrected chi connectivity index (χ3v) is 4.61. The number of nitro benzene ring substituents is 1. The number of aromatic nitrogens is 1. The number of hydrogen-bond donors (Lipinski definition) is 0. The number of hydrogen-bond acceptors (Lipinski definition) is 6. The molecule has 0 atom stereocenters. The highest BCUT2D eigenvalue weighted by atomic mass is 19.1. The molecular weight excluding hydrogens is 421 g/mol. The van der Waals surface area contributed by atoms with Crippen LogP contribution in [0.5, 0.6) is 5.75 Å². The van der Waals surface area contributed by atoms with Crippen LogP contribution in [0.25, 0.3) is 16.6 Å². The van der Waals surface area contributed by atoms with Crippen molar-refractivity contribution >= 4 is 22.6 Å². The van der Waals surface area contributed by atoms with Crippen LogP contribution in [0.3, 0.4) is 0 Å². The van der Waals surface area contributed by atoms with Crippen LogP contribution < -0.4 is 10.2 Å². The van der Waals surface area contributed by atoms with E-state index in [9.17, 15) is 32.9 Å². The van der Waals surface area contributed by atoms with Crippen LogP contribution in [0.1, 0.15) is 22.8 Å². The Morgan fingerprint density at radius 1 is 1.16 bits per heavy atom. The highest BCUT2D eigenvalue weighted by molar-refractivity contribution is 5.96. The van der Waals surface area contributed by atoms with E-state index in [0.717, 1.165) is 23.9 Å². The van der Waals surface area contributed by atoms with E-state index in [1.54, 1.807) is 0 Å². The number of pyridine rings is 1. The second kappa shape index (κ2) is 8.09. The van der Waals surface area contributed by atoms with E-state index in [1.807, 2.05) is 0 Å². The standard InChI is InChI=1S/C20H15F3N2O6/c1-4-31-20(27)11-8-24(15-7-16(30-3)13(22)6-12(15)21)17-9(2)18(25(28)29)14(23)5-10(17)19(11)26/h5-8H,4H2,1-3H3. The summed E-state index contributed by atoms with van der Waals surface area (Å²) in [6.07, 6.45) is 0.910. The highest BCUT2D eigenvalue weighted by Crippen LogP contribution is 2.33. The maximum Gasteiger partial charge on any atom is 0.343 e. The van der Waals surface area contributed by atoms with Crippen molar-refractivity contribution in [1.82, 2.24) is 4.57 Å². The number of carbonyl (C=O) groups excluding carboxylic acids is 1. The molecule has 1 aromatic heterocycles. The van der Waals surface area contributed by atoms with Gasteiger partial charge in [-0.3, -0.25) is 14.9 Å². The first-order chi connectivity index (χ1) is 14.6. The first kappa shape index (κ1) is 21.8. The van der Waals surface area contributed by atoms with E-state index in [0.29, 0.717) is 12.1 Å². The molecule has 0 bridgehead atoms. The number of nitrogens with zero attached hydrogens (tertiary/aromatic N) is 2. The Bertz CT molecular complexity index is 1300. The van der Waals surface area contributed by atoms with Crippen molar-refractivity contribution in [3.8, 4) is 11.4 Å². The van der Waals surface area contributed by atoms with Crippen LogP contribution in [0.2, 0.25) is 0 Å². The van der Waals surface area contributed by atoms with Gasteiger partial charge in [0.25, 0.3) is 0 Å². The number of ether oxygens (including phenoxy) is 2. The van der Waals surface area contributed by atoms with Gasteiger partial charge in [0.15, 0.2) is 11.6 Å². The number of fused-ring (bicyclic) bond motifs is 1. The number of benzene rings is 2. The average Bonchev–Trinajstić information content (AvgIpc) is 2.69. The van der Waals surface area contributed by atoms with Crippen molar-refractivity contribution in [1.29, 1.82) is 0 Å². The Morgan fingerprint density at radius 3 is 2.42 bits per heavy atom. The Morgan fingerprint density at radius 2 is 1.84 bits per heavy atom. The summed E-state index contributed by atoms with van der Waals surface area (Å²) in [6.45, 7) is 2.58. The summed E-state index contributed by atoms with van der Waals surface area (Å²) in [7, 11) is 1.14. The Hall–Kier alpha value is -3.89. The van der Waals surface area contributed by atoms with E-state index >= 15 is 0 Å². The van der Waals surface area contributed by atoms with E-state index in [4.69, 9.17) is 9.47 Å². The molecule has 162 valence electrons. The zero-order valence-electron chi connectivity index (χ0n) is 16.5. The van der Waals surface area contributed by atoms with Crippen molar-refractivity contribution in [2.45, 2.75) is 13.8 Å². The van der Waals surface area contributed by atoms with Crippen LogP contribution in [0.4, 0.5) is 18.9 Å². The number of esters is 1. The fraction of sp³-hybridized carbons (Fsp3) is 0.200. The van der Waals surface area contributed by atoms with Crippen LogP contribution in [0, 0.1) is 34.5 Å². The zero-order valence-corrected chi connectivity index (χ0v) is 16.5. The van der Waals surface area contributed by atoms with Crippen molar-refractivity contribution in [3.05, 3.63) is 73.3 Å². The van der Waals surface area contributed by atoms with Gasteiger partial charge in [-0.25, -0.2) is 13.6 Å². The number of nitro groups is 1. The third kappa shape index (κ3) is 3.58. The fourth-order valence-electron chi connectivity index (χ4n) is 3.27. The molecule has 8 nitrogen and oxygen atoms in total. The number of rotatable bonds is 5.